The Hall–Kier alpha value is -3.64. The molecule has 2 heterocycles. The molecule has 2 aromatic carbocycles. The summed E-state index contributed by atoms with van der Waals surface area (Å²) >= 11 is 5.88. The van der Waals surface area contributed by atoms with Crippen LogP contribution >= 0.6 is 11.6 Å². The van der Waals surface area contributed by atoms with Crippen molar-refractivity contribution < 1.29 is 26.4 Å². The lowest BCUT2D eigenvalue weighted by Gasteiger charge is -2.10. The molecule has 0 spiro atoms. The van der Waals surface area contributed by atoms with Gasteiger partial charge in [0.2, 0.25) is 0 Å². The molecule has 0 fully saturated rings. The molecule has 8 nitrogen and oxygen atoms in total. The van der Waals surface area contributed by atoms with Crippen LogP contribution in [0.3, 0.4) is 0 Å². The molecule has 34 heavy (non-hydrogen) atoms. The fourth-order valence-corrected chi connectivity index (χ4v) is 4.90. The molecule has 1 amide bonds. The number of nitrogens with one attached hydrogen (secondary N) is 2. The highest BCUT2D eigenvalue weighted by atomic mass is 35.5. The van der Waals surface area contributed by atoms with E-state index in [2.05, 4.69) is 10.1 Å². The first-order valence-electron chi connectivity index (χ1n) is 9.51. The minimum atomic E-state index is -4.92. The fourth-order valence-electron chi connectivity index (χ4n) is 3.42. The van der Waals surface area contributed by atoms with Gasteiger partial charge in [-0.05, 0) is 24.6 Å². The summed E-state index contributed by atoms with van der Waals surface area (Å²) in [5, 5.41) is 3.24. The molecule has 0 radical (unpaired) electrons. The molecule has 176 valence electrons. The van der Waals surface area contributed by atoms with Gasteiger partial charge in [-0.2, -0.15) is 22.8 Å². The normalized spacial score (nSPS) is 12.1. The molecule has 4 aromatic rings. The third kappa shape index (κ3) is 4.05. The van der Waals surface area contributed by atoms with Crippen molar-refractivity contribution in [1.29, 1.82) is 0 Å². The first-order chi connectivity index (χ1) is 15.9. The lowest BCUT2D eigenvalue weighted by atomic mass is 10.1. The van der Waals surface area contributed by atoms with Gasteiger partial charge in [0.15, 0.2) is 5.69 Å². The van der Waals surface area contributed by atoms with Crippen molar-refractivity contribution in [2.75, 3.05) is 0 Å². The number of aromatic amines is 1. The Morgan fingerprint density at radius 3 is 2.32 bits per heavy atom. The van der Waals surface area contributed by atoms with E-state index < -0.39 is 43.8 Å². The van der Waals surface area contributed by atoms with E-state index in [0.29, 0.717) is 4.52 Å². The van der Waals surface area contributed by atoms with Crippen molar-refractivity contribution >= 4 is 33.2 Å². The Morgan fingerprint density at radius 1 is 1.09 bits per heavy atom. The highest BCUT2D eigenvalue weighted by Crippen LogP contribution is 2.38. The molecule has 0 aliphatic heterocycles. The highest BCUT2D eigenvalue weighted by molar-refractivity contribution is 7.90. The average molecular weight is 511 g/mol. The van der Waals surface area contributed by atoms with E-state index in [4.69, 9.17) is 11.6 Å². The van der Waals surface area contributed by atoms with Crippen LogP contribution in [0.1, 0.15) is 21.7 Å². The van der Waals surface area contributed by atoms with Gasteiger partial charge in [0.1, 0.15) is 16.1 Å². The maximum Gasteiger partial charge on any atom is 0.435 e. The number of carbonyl (C=O) groups excluding carboxylic acids is 1. The van der Waals surface area contributed by atoms with Crippen molar-refractivity contribution in [2.45, 2.75) is 18.0 Å². The van der Waals surface area contributed by atoms with Crippen LogP contribution in [0.2, 0.25) is 5.02 Å². The molecule has 2 aromatic heterocycles. The quantitative estimate of drug-likeness (QED) is 0.434. The predicted octanol–water partition coefficient (Wildman–Crippen LogP) is 3.79. The molecule has 0 aliphatic rings. The number of rotatable bonds is 4. The Bertz CT molecular complexity index is 1600. The molecule has 0 saturated carbocycles. The van der Waals surface area contributed by atoms with Crippen LogP contribution in [0.25, 0.3) is 16.8 Å². The van der Waals surface area contributed by atoms with E-state index in [1.165, 1.54) is 49.4 Å². The minimum Gasteiger partial charge on any atom is -0.342 e. The van der Waals surface area contributed by atoms with Crippen molar-refractivity contribution in [2.24, 2.45) is 0 Å². The number of carbonyl (C=O) groups is 1. The summed E-state index contributed by atoms with van der Waals surface area (Å²) in [6.07, 6.45) is -4.92. The molecule has 2 N–H and O–H groups in total. The van der Waals surface area contributed by atoms with Crippen LogP contribution in [0, 0.1) is 6.92 Å². The number of H-pyrrole nitrogens is 1. The summed E-state index contributed by atoms with van der Waals surface area (Å²) in [6.45, 7) is 1.26. The number of hydrogen-bond donors (Lipinski definition) is 2. The number of sulfonamides is 1. The first-order valence-corrected chi connectivity index (χ1v) is 11.4. The van der Waals surface area contributed by atoms with Gasteiger partial charge in [0.05, 0.1) is 10.6 Å². The zero-order valence-electron chi connectivity index (χ0n) is 17.1. The standard InChI is InChI=1S/C21H14ClF3N4O4S/c1-11-15(19(30)28-34(32,33)14-10-6-5-9-13(14)22)20(31)29-18(26-11)16(12-7-3-2-4-8-12)17(27-29)21(23,24)25/h2-10,26H,1H3,(H,28,30). The van der Waals surface area contributed by atoms with Crippen molar-refractivity contribution in [3.63, 3.8) is 0 Å². The van der Waals surface area contributed by atoms with E-state index in [9.17, 15) is 31.2 Å². The molecular weight excluding hydrogens is 497 g/mol. The van der Waals surface area contributed by atoms with Gasteiger partial charge >= 0.3 is 6.18 Å². The van der Waals surface area contributed by atoms with Crippen molar-refractivity contribution in [1.82, 2.24) is 19.3 Å². The third-order valence-electron chi connectivity index (χ3n) is 4.88. The summed E-state index contributed by atoms with van der Waals surface area (Å²) in [5.74, 6) is -1.36. The fraction of sp³-hybridized carbons (Fsp3) is 0.0952. The predicted molar refractivity (Wildman–Crippen MR) is 117 cm³/mol. The summed E-state index contributed by atoms with van der Waals surface area (Å²) in [4.78, 5) is 28.0. The summed E-state index contributed by atoms with van der Waals surface area (Å²) in [6, 6.07) is 12.8. The Kier molecular flexibility index (Phi) is 5.74. The van der Waals surface area contributed by atoms with E-state index in [1.807, 2.05) is 0 Å². The number of hydrogen-bond acceptors (Lipinski definition) is 5. The van der Waals surface area contributed by atoms with E-state index in [-0.39, 0.29) is 27.5 Å². The lowest BCUT2D eigenvalue weighted by Crippen LogP contribution is -2.37. The van der Waals surface area contributed by atoms with Crippen LogP contribution in [-0.2, 0) is 16.2 Å². The molecule has 0 bridgehead atoms. The van der Waals surface area contributed by atoms with E-state index in [0.717, 1.165) is 6.07 Å². The van der Waals surface area contributed by atoms with Gasteiger partial charge in [-0.15, -0.1) is 0 Å². The van der Waals surface area contributed by atoms with Crippen LogP contribution in [-0.4, -0.2) is 28.9 Å². The van der Waals surface area contributed by atoms with E-state index in [1.54, 1.807) is 10.8 Å². The lowest BCUT2D eigenvalue weighted by molar-refractivity contribution is -0.140. The van der Waals surface area contributed by atoms with Gasteiger partial charge in [0.25, 0.3) is 21.5 Å². The van der Waals surface area contributed by atoms with Crippen LogP contribution < -0.4 is 10.3 Å². The first kappa shape index (κ1) is 23.5. The third-order valence-corrected chi connectivity index (χ3v) is 6.71. The zero-order chi connectivity index (χ0) is 24.8. The van der Waals surface area contributed by atoms with Gasteiger partial charge in [-0.3, -0.25) is 9.59 Å². The van der Waals surface area contributed by atoms with Crippen LogP contribution in [0.15, 0.2) is 64.3 Å². The molecule has 13 heteroatoms. The Balaban J connectivity index is 1.89. The number of nitrogens with zero attached hydrogens (tertiary/aromatic N) is 2. The maximum atomic E-state index is 13.7. The average Bonchev–Trinajstić information content (AvgIpc) is 3.14. The highest BCUT2D eigenvalue weighted by Gasteiger charge is 2.39. The summed E-state index contributed by atoms with van der Waals surface area (Å²) in [7, 11) is -4.49. The van der Waals surface area contributed by atoms with Crippen molar-refractivity contribution in [3.8, 4) is 11.1 Å². The molecule has 0 atom stereocenters. The molecule has 4 rings (SSSR count). The summed E-state index contributed by atoms with van der Waals surface area (Å²) in [5.41, 5.74) is -4.00. The second-order valence-electron chi connectivity index (χ2n) is 7.14. The number of aromatic nitrogens is 3. The zero-order valence-corrected chi connectivity index (χ0v) is 18.7. The summed E-state index contributed by atoms with van der Waals surface area (Å²) < 4.78 is 68.6. The van der Waals surface area contributed by atoms with Crippen molar-refractivity contribution in [3.05, 3.63) is 86.9 Å². The number of halogens is 4. The largest absolute Gasteiger partial charge is 0.435 e. The monoisotopic (exact) mass is 510 g/mol. The molecule has 0 unspecified atom stereocenters. The molecule has 0 saturated heterocycles. The van der Waals surface area contributed by atoms with E-state index >= 15 is 0 Å². The minimum absolute atomic E-state index is 0.137. The second kappa shape index (κ2) is 8.29. The number of benzene rings is 2. The topological polar surface area (TPSA) is 113 Å². The van der Waals surface area contributed by atoms with Gasteiger partial charge in [0, 0.05) is 5.69 Å². The van der Waals surface area contributed by atoms with Crippen LogP contribution in [0.5, 0.6) is 0 Å². The number of alkyl halides is 3. The number of aryl methyl sites for hydroxylation is 1. The number of fused-ring (bicyclic) bond motifs is 1. The smallest absolute Gasteiger partial charge is 0.342 e. The Morgan fingerprint density at radius 2 is 1.71 bits per heavy atom. The van der Waals surface area contributed by atoms with Gasteiger partial charge in [-0.25, -0.2) is 13.1 Å². The maximum absolute atomic E-state index is 13.7. The van der Waals surface area contributed by atoms with Gasteiger partial charge in [-0.1, -0.05) is 54.1 Å². The SMILES string of the molecule is Cc1[nH]c2c(-c3ccccc3)c(C(F)(F)F)nn2c(=O)c1C(=O)NS(=O)(=O)c1ccccc1Cl. The molecular formula is C21H14ClF3N4O4S. The second-order valence-corrected chi connectivity index (χ2v) is 9.20. The molecule has 0 aliphatic carbocycles. The Labute approximate surface area is 195 Å². The van der Waals surface area contributed by atoms with Crippen LogP contribution in [0.4, 0.5) is 13.2 Å². The van der Waals surface area contributed by atoms with Gasteiger partial charge < -0.3 is 4.98 Å². The number of amides is 1.